The molecule has 0 spiro atoms. The van der Waals surface area contributed by atoms with Crippen LogP contribution in [0.1, 0.15) is 29.9 Å². The molecule has 5 nitrogen and oxygen atoms in total. The van der Waals surface area contributed by atoms with E-state index in [0.29, 0.717) is 10.7 Å². The number of anilines is 2. The summed E-state index contributed by atoms with van der Waals surface area (Å²) >= 11 is 6.05. The van der Waals surface area contributed by atoms with Gasteiger partial charge in [0.15, 0.2) is 0 Å². The van der Waals surface area contributed by atoms with Crippen molar-refractivity contribution in [1.82, 2.24) is 9.97 Å². The first kappa shape index (κ1) is 16.2. The van der Waals surface area contributed by atoms with Crippen molar-refractivity contribution in [1.29, 1.82) is 0 Å². The second-order valence-corrected chi connectivity index (χ2v) is 5.26. The molecule has 0 aliphatic rings. The first-order valence-corrected chi connectivity index (χ1v) is 7.57. The molecular formula is C16H19ClN4O. The highest BCUT2D eigenvalue weighted by molar-refractivity contribution is 6.31. The molecule has 1 N–H and O–H groups in total. The maximum Gasteiger partial charge on any atom is 0.275 e. The zero-order valence-corrected chi connectivity index (χ0v) is 13.7. The second-order valence-electron chi connectivity index (χ2n) is 4.85. The number of amides is 1. The molecule has 22 heavy (non-hydrogen) atoms. The molecule has 1 aromatic heterocycles. The summed E-state index contributed by atoms with van der Waals surface area (Å²) in [6, 6.07) is 5.37. The summed E-state index contributed by atoms with van der Waals surface area (Å²) in [5, 5.41) is 3.38. The van der Waals surface area contributed by atoms with Gasteiger partial charge in [0.2, 0.25) is 0 Å². The second kappa shape index (κ2) is 7.22. The van der Waals surface area contributed by atoms with Gasteiger partial charge in [0.25, 0.3) is 5.91 Å². The molecular weight excluding hydrogens is 300 g/mol. The van der Waals surface area contributed by atoms with Crippen LogP contribution in [0.3, 0.4) is 0 Å². The fraction of sp³-hybridized carbons (Fsp3) is 0.312. The fourth-order valence-electron chi connectivity index (χ4n) is 2.02. The van der Waals surface area contributed by atoms with E-state index in [1.807, 2.05) is 26.8 Å². The van der Waals surface area contributed by atoms with Crippen molar-refractivity contribution in [3.63, 3.8) is 0 Å². The quantitative estimate of drug-likeness (QED) is 0.916. The maximum absolute atomic E-state index is 12.2. The van der Waals surface area contributed by atoms with Crippen LogP contribution < -0.4 is 10.2 Å². The summed E-state index contributed by atoms with van der Waals surface area (Å²) in [5.74, 6) is 0.457. The minimum absolute atomic E-state index is 0.271. The lowest BCUT2D eigenvalue weighted by Gasteiger charge is -2.18. The van der Waals surface area contributed by atoms with E-state index in [9.17, 15) is 4.79 Å². The van der Waals surface area contributed by atoms with Gasteiger partial charge in [-0.2, -0.15) is 0 Å². The molecule has 0 saturated heterocycles. The Labute approximate surface area is 135 Å². The molecule has 0 aliphatic carbocycles. The largest absolute Gasteiger partial charge is 0.356 e. The van der Waals surface area contributed by atoms with E-state index in [1.54, 1.807) is 18.3 Å². The van der Waals surface area contributed by atoms with Gasteiger partial charge in [-0.05, 0) is 38.5 Å². The number of aryl methyl sites for hydroxylation is 1. The van der Waals surface area contributed by atoms with E-state index in [2.05, 4.69) is 20.2 Å². The Morgan fingerprint density at radius 2 is 1.95 bits per heavy atom. The van der Waals surface area contributed by atoms with Crippen molar-refractivity contribution in [2.45, 2.75) is 20.8 Å². The molecule has 1 amide bonds. The number of halogens is 1. The molecule has 2 rings (SSSR count). The average Bonchev–Trinajstić information content (AvgIpc) is 2.53. The topological polar surface area (TPSA) is 58.1 Å². The minimum atomic E-state index is -0.307. The van der Waals surface area contributed by atoms with Gasteiger partial charge in [0, 0.05) is 23.8 Å². The number of carbonyl (C=O) groups is 1. The number of nitrogens with one attached hydrogen (secondary N) is 1. The van der Waals surface area contributed by atoms with Crippen LogP contribution >= 0.6 is 11.6 Å². The van der Waals surface area contributed by atoms with E-state index < -0.39 is 0 Å². The molecule has 1 aromatic carbocycles. The Morgan fingerprint density at radius 1 is 1.23 bits per heavy atom. The van der Waals surface area contributed by atoms with Crippen LogP contribution in [0.4, 0.5) is 11.5 Å². The molecule has 1 heterocycles. The molecule has 0 fully saturated rings. The highest BCUT2D eigenvalue weighted by Crippen LogP contribution is 2.20. The van der Waals surface area contributed by atoms with Crippen LogP contribution in [0.15, 0.2) is 30.6 Å². The summed E-state index contributed by atoms with van der Waals surface area (Å²) in [7, 11) is 0. The number of benzene rings is 1. The van der Waals surface area contributed by atoms with Crippen molar-refractivity contribution in [2.24, 2.45) is 0 Å². The van der Waals surface area contributed by atoms with Gasteiger partial charge < -0.3 is 10.2 Å². The lowest BCUT2D eigenvalue weighted by Crippen LogP contribution is -2.23. The molecule has 0 saturated carbocycles. The van der Waals surface area contributed by atoms with Crippen molar-refractivity contribution in [3.8, 4) is 0 Å². The van der Waals surface area contributed by atoms with Crippen LogP contribution in [-0.4, -0.2) is 29.0 Å². The van der Waals surface area contributed by atoms with Gasteiger partial charge in [0.1, 0.15) is 11.5 Å². The lowest BCUT2D eigenvalue weighted by molar-refractivity contribution is 0.102. The van der Waals surface area contributed by atoms with Gasteiger partial charge in [-0.3, -0.25) is 4.79 Å². The predicted octanol–water partition coefficient (Wildman–Crippen LogP) is 3.54. The number of carbonyl (C=O) groups excluding carboxylic acids is 1. The number of nitrogens with zero attached hydrogens (tertiary/aromatic N) is 3. The standard InChI is InChI=1S/C16H19ClN4O/c1-4-21(5-2)15-10-18-14(9-19-15)16(22)20-12-7-6-11(3)13(17)8-12/h6-10H,4-5H2,1-3H3,(H,20,22). The molecule has 0 bridgehead atoms. The Balaban J connectivity index is 2.11. The lowest BCUT2D eigenvalue weighted by atomic mass is 10.2. The van der Waals surface area contributed by atoms with Gasteiger partial charge in [-0.25, -0.2) is 9.97 Å². The third-order valence-electron chi connectivity index (χ3n) is 3.39. The third kappa shape index (κ3) is 3.74. The first-order chi connectivity index (χ1) is 10.5. The summed E-state index contributed by atoms with van der Waals surface area (Å²) < 4.78 is 0. The number of hydrogen-bond acceptors (Lipinski definition) is 4. The van der Waals surface area contributed by atoms with E-state index in [1.165, 1.54) is 6.20 Å². The zero-order chi connectivity index (χ0) is 16.1. The maximum atomic E-state index is 12.2. The smallest absolute Gasteiger partial charge is 0.275 e. The molecule has 0 unspecified atom stereocenters. The Morgan fingerprint density at radius 3 is 2.50 bits per heavy atom. The van der Waals surface area contributed by atoms with Crippen molar-refractivity contribution >= 4 is 29.0 Å². The normalized spacial score (nSPS) is 10.4. The number of aromatic nitrogens is 2. The summed E-state index contributed by atoms with van der Waals surface area (Å²) in [4.78, 5) is 22.7. The molecule has 0 atom stereocenters. The van der Waals surface area contributed by atoms with Crippen LogP contribution in [0.25, 0.3) is 0 Å². The van der Waals surface area contributed by atoms with E-state index in [4.69, 9.17) is 11.6 Å². The molecule has 116 valence electrons. The van der Waals surface area contributed by atoms with Gasteiger partial charge in [0.05, 0.1) is 12.4 Å². The van der Waals surface area contributed by atoms with Gasteiger partial charge in [-0.1, -0.05) is 17.7 Å². The van der Waals surface area contributed by atoms with Crippen molar-refractivity contribution in [3.05, 3.63) is 46.9 Å². The molecule has 2 aromatic rings. The minimum Gasteiger partial charge on any atom is -0.356 e. The Hall–Kier alpha value is -2.14. The Bertz CT molecular complexity index is 654. The van der Waals surface area contributed by atoms with E-state index in [-0.39, 0.29) is 11.6 Å². The number of hydrogen-bond donors (Lipinski definition) is 1. The van der Waals surface area contributed by atoms with Crippen LogP contribution in [-0.2, 0) is 0 Å². The van der Waals surface area contributed by atoms with Gasteiger partial charge >= 0.3 is 0 Å². The highest BCUT2D eigenvalue weighted by Gasteiger charge is 2.11. The monoisotopic (exact) mass is 318 g/mol. The summed E-state index contributed by atoms with van der Waals surface area (Å²) in [6.07, 6.45) is 3.10. The van der Waals surface area contributed by atoms with Crippen LogP contribution in [0.5, 0.6) is 0 Å². The van der Waals surface area contributed by atoms with Crippen LogP contribution in [0.2, 0.25) is 5.02 Å². The van der Waals surface area contributed by atoms with Crippen molar-refractivity contribution in [2.75, 3.05) is 23.3 Å². The summed E-state index contributed by atoms with van der Waals surface area (Å²) in [6.45, 7) is 7.70. The third-order valence-corrected chi connectivity index (χ3v) is 3.80. The highest BCUT2D eigenvalue weighted by atomic mass is 35.5. The van der Waals surface area contributed by atoms with Gasteiger partial charge in [-0.15, -0.1) is 0 Å². The first-order valence-electron chi connectivity index (χ1n) is 7.19. The average molecular weight is 319 g/mol. The molecule has 0 radical (unpaired) electrons. The zero-order valence-electron chi connectivity index (χ0n) is 12.9. The SMILES string of the molecule is CCN(CC)c1cnc(C(=O)Nc2ccc(C)c(Cl)c2)cn1. The van der Waals surface area contributed by atoms with Crippen molar-refractivity contribution < 1.29 is 4.79 Å². The predicted molar refractivity (Wildman–Crippen MR) is 89.7 cm³/mol. The Kier molecular flexibility index (Phi) is 5.33. The summed E-state index contributed by atoms with van der Waals surface area (Å²) in [5.41, 5.74) is 1.87. The number of rotatable bonds is 5. The van der Waals surface area contributed by atoms with E-state index in [0.717, 1.165) is 24.5 Å². The molecule has 6 heteroatoms. The van der Waals surface area contributed by atoms with Crippen LogP contribution in [0, 0.1) is 6.92 Å². The fourth-order valence-corrected chi connectivity index (χ4v) is 2.20. The molecule has 0 aliphatic heterocycles. The van der Waals surface area contributed by atoms with E-state index >= 15 is 0 Å².